The lowest BCUT2D eigenvalue weighted by Gasteiger charge is -2.18. The fourth-order valence-electron chi connectivity index (χ4n) is 4.22. The van der Waals surface area contributed by atoms with E-state index in [0.29, 0.717) is 13.2 Å². The molecule has 6 nitrogen and oxygen atoms in total. The summed E-state index contributed by atoms with van der Waals surface area (Å²) in [5.74, 6) is -0.978. The molecule has 36 heavy (non-hydrogen) atoms. The number of carbonyl (C=O) groups excluding carboxylic acids is 2. The largest absolute Gasteiger partial charge is 0.461 e. The highest BCUT2D eigenvalue weighted by Crippen LogP contribution is 2.16. The Morgan fingerprint density at radius 1 is 0.694 bits per heavy atom. The second kappa shape index (κ2) is 22.3. The first-order valence-electron chi connectivity index (χ1n) is 14.5. The van der Waals surface area contributed by atoms with Crippen molar-refractivity contribution in [1.29, 1.82) is 0 Å². The van der Waals surface area contributed by atoms with Crippen LogP contribution in [0.4, 0.5) is 0 Å². The molecule has 0 saturated heterocycles. The standard InChI is InChI=1S/C30H51NO5/c1-4-6-8-10-11-12-13-14-15-17-25-35-29(32)27-22-18-23-28(31-27)30(33)36-26(21-19-24-34-3)20-16-9-7-5-2/h18,22-23,26H,4-17,19-21,24-25H2,1-3H3. The fourth-order valence-corrected chi connectivity index (χ4v) is 4.22. The van der Waals surface area contributed by atoms with Crippen molar-refractivity contribution in [3.8, 4) is 0 Å². The number of pyridine rings is 1. The zero-order valence-electron chi connectivity index (χ0n) is 23.2. The molecule has 0 saturated carbocycles. The highest BCUT2D eigenvalue weighted by Gasteiger charge is 2.19. The molecular weight excluding hydrogens is 454 g/mol. The summed E-state index contributed by atoms with van der Waals surface area (Å²) in [6.07, 6.45) is 19.0. The Hall–Kier alpha value is -1.95. The molecule has 1 heterocycles. The molecule has 1 unspecified atom stereocenters. The topological polar surface area (TPSA) is 74.7 Å². The van der Waals surface area contributed by atoms with Gasteiger partial charge in [-0.3, -0.25) is 0 Å². The van der Waals surface area contributed by atoms with Crippen molar-refractivity contribution in [2.24, 2.45) is 0 Å². The molecule has 0 bridgehead atoms. The van der Waals surface area contributed by atoms with Crippen molar-refractivity contribution in [2.75, 3.05) is 20.3 Å². The lowest BCUT2D eigenvalue weighted by Crippen LogP contribution is -2.21. The van der Waals surface area contributed by atoms with E-state index in [9.17, 15) is 9.59 Å². The Morgan fingerprint density at radius 3 is 1.83 bits per heavy atom. The minimum Gasteiger partial charge on any atom is -0.461 e. The average molecular weight is 506 g/mol. The van der Waals surface area contributed by atoms with Crippen LogP contribution in [-0.2, 0) is 14.2 Å². The summed E-state index contributed by atoms with van der Waals surface area (Å²) in [5.41, 5.74) is 0.295. The number of methoxy groups -OCH3 is 1. The van der Waals surface area contributed by atoms with E-state index >= 15 is 0 Å². The van der Waals surface area contributed by atoms with Gasteiger partial charge in [0.2, 0.25) is 0 Å². The maximum Gasteiger partial charge on any atom is 0.357 e. The first-order valence-corrected chi connectivity index (χ1v) is 14.5. The summed E-state index contributed by atoms with van der Waals surface area (Å²) in [6, 6.07) is 4.82. The van der Waals surface area contributed by atoms with Crippen LogP contribution in [0, 0.1) is 0 Å². The summed E-state index contributed by atoms with van der Waals surface area (Å²) < 4.78 is 16.3. The van der Waals surface area contributed by atoms with Crippen LogP contribution in [-0.4, -0.2) is 43.4 Å². The molecule has 0 aliphatic rings. The third kappa shape index (κ3) is 15.9. The van der Waals surface area contributed by atoms with E-state index in [1.807, 2.05) is 0 Å². The van der Waals surface area contributed by atoms with Gasteiger partial charge in [-0.2, -0.15) is 0 Å². The maximum atomic E-state index is 12.7. The summed E-state index contributed by atoms with van der Waals surface area (Å²) in [4.78, 5) is 29.4. The molecule has 1 aromatic rings. The van der Waals surface area contributed by atoms with Crippen LogP contribution < -0.4 is 0 Å². The predicted octanol–water partition coefficient (Wildman–Crippen LogP) is 8.08. The molecule has 6 heteroatoms. The molecule has 1 rings (SSSR count). The van der Waals surface area contributed by atoms with Gasteiger partial charge in [-0.05, 0) is 44.2 Å². The van der Waals surface area contributed by atoms with Crippen molar-refractivity contribution >= 4 is 11.9 Å². The van der Waals surface area contributed by atoms with Crippen LogP contribution in [0.15, 0.2) is 18.2 Å². The van der Waals surface area contributed by atoms with Gasteiger partial charge in [0.15, 0.2) is 0 Å². The SMILES string of the molecule is CCCCCCCCCCCCOC(=O)c1cccc(C(=O)OC(CCCCCC)CCCOC)n1. The van der Waals surface area contributed by atoms with E-state index in [1.54, 1.807) is 25.3 Å². The number of nitrogens with zero attached hydrogens (tertiary/aromatic N) is 1. The van der Waals surface area contributed by atoms with Crippen LogP contribution in [0.25, 0.3) is 0 Å². The first kappa shape index (κ1) is 32.1. The summed E-state index contributed by atoms with van der Waals surface area (Å²) in [7, 11) is 1.67. The molecule has 0 spiro atoms. The maximum absolute atomic E-state index is 12.7. The highest BCUT2D eigenvalue weighted by molar-refractivity contribution is 5.91. The third-order valence-electron chi connectivity index (χ3n) is 6.43. The molecule has 0 N–H and O–H groups in total. The lowest BCUT2D eigenvalue weighted by molar-refractivity contribution is 0.0225. The Bertz CT molecular complexity index is 694. The van der Waals surface area contributed by atoms with Crippen LogP contribution in [0.1, 0.15) is 144 Å². The predicted molar refractivity (Wildman–Crippen MR) is 145 cm³/mol. The third-order valence-corrected chi connectivity index (χ3v) is 6.43. The quantitative estimate of drug-likeness (QED) is 0.110. The molecule has 0 amide bonds. The zero-order valence-corrected chi connectivity index (χ0v) is 23.2. The van der Waals surface area contributed by atoms with Gasteiger partial charge >= 0.3 is 11.9 Å². The summed E-state index contributed by atoms with van der Waals surface area (Å²) in [5, 5.41) is 0. The molecule has 0 aromatic carbocycles. The van der Waals surface area contributed by atoms with Gasteiger partial charge in [0.05, 0.1) is 6.61 Å². The minimum atomic E-state index is -0.489. The smallest absolute Gasteiger partial charge is 0.357 e. The van der Waals surface area contributed by atoms with Crippen molar-refractivity contribution in [1.82, 2.24) is 4.98 Å². The number of rotatable bonds is 23. The zero-order chi connectivity index (χ0) is 26.3. The number of esters is 2. The van der Waals surface area contributed by atoms with Gasteiger partial charge in [0.25, 0.3) is 0 Å². The first-order chi connectivity index (χ1) is 17.6. The fraction of sp³-hybridized carbons (Fsp3) is 0.767. The molecule has 0 aliphatic heterocycles. The van der Waals surface area contributed by atoms with Crippen molar-refractivity contribution in [2.45, 2.75) is 129 Å². The number of hydrogen-bond donors (Lipinski definition) is 0. The second-order valence-electron chi connectivity index (χ2n) is 9.74. The molecule has 0 fully saturated rings. The Labute approximate surface area is 219 Å². The van der Waals surface area contributed by atoms with Crippen LogP contribution in [0.2, 0.25) is 0 Å². The van der Waals surface area contributed by atoms with E-state index in [4.69, 9.17) is 14.2 Å². The molecule has 206 valence electrons. The monoisotopic (exact) mass is 505 g/mol. The number of carbonyl (C=O) groups is 2. The lowest BCUT2D eigenvalue weighted by atomic mass is 10.1. The van der Waals surface area contributed by atoms with Gasteiger partial charge in [-0.25, -0.2) is 14.6 Å². The van der Waals surface area contributed by atoms with Gasteiger partial charge < -0.3 is 14.2 Å². The molecular formula is C30H51NO5. The van der Waals surface area contributed by atoms with Crippen LogP contribution in [0.3, 0.4) is 0 Å². The number of ether oxygens (including phenoxy) is 3. The van der Waals surface area contributed by atoms with Gasteiger partial charge in [0, 0.05) is 13.7 Å². The Balaban J connectivity index is 2.39. The number of hydrogen-bond acceptors (Lipinski definition) is 6. The van der Waals surface area contributed by atoms with Crippen molar-refractivity contribution in [3.05, 3.63) is 29.6 Å². The van der Waals surface area contributed by atoms with Gasteiger partial charge in [0.1, 0.15) is 17.5 Å². The average Bonchev–Trinajstić information content (AvgIpc) is 2.89. The Kier molecular flexibility index (Phi) is 19.8. The number of aromatic nitrogens is 1. The van der Waals surface area contributed by atoms with E-state index in [0.717, 1.165) is 44.9 Å². The normalized spacial score (nSPS) is 11.9. The van der Waals surface area contributed by atoms with E-state index in [1.165, 1.54) is 64.2 Å². The Morgan fingerprint density at radius 2 is 1.22 bits per heavy atom. The van der Waals surface area contributed by atoms with E-state index < -0.39 is 11.9 Å². The van der Waals surface area contributed by atoms with Crippen LogP contribution >= 0.6 is 0 Å². The molecule has 1 atom stereocenters. The summed E-state index contributed by atoms with van der Waals surface area (Å²) in [6.45, 7) is 5.44. The van der Waals surface area contributed by atoms with E-state index in [-0.39, 0.29) is 17.5 Å². The van der Waals surface area contributed by atoms with E-state index in [2.05, 4.69) is 18.8 Å². The summed E-state index contributed by atoms with van der Waals surface area (Å²) >= 11 is 0. The van der Waals surface area contributed by atoms with Gasteiger partial charge in [-0.15, -0.1) is 0 Å². The molecule has 1 aromatic heterocycles. The minimum absolute atomic E-state index is 0.147. The van der Waals surface area contributed by atoms with Crippen LogP contribution in [0.5, 0.6) is 0 Å². The van der Waals surface area contributed by atoms with Crippen molar-refractivity contribution in [3.63, 3.8) is 0 Å². The second-order valence-corrected chi connectivity index (χ2v) is 9.74. The highest BCUT2D eigenvalue weighted by atomic mass is 16.5. The molecule has 0 radical (unpaired) electrons. The van der Waals surface area contributed by atoms with Crippen molar-refractivity contribution < 1.29 is 23.8 Å². The van der Waals surface area contributed by atoms with Gasteiger partial charge in [-0.1, -0.05) is 97.0 Å². The number of unbranched alkanes of at least 4 members (excludes halogenated alkanes) is 12. The molecule has 0 aliphatic carbocycles.